The van der Waals surface area contributed by atoms with Crippen molar-refractivity contribution < 1.29 is 15.0 Å². The Balaban J connectivity index is 2.75. The van der Waals surface area contributed by atoms with Crippen LogP contribution >= 0.6 is 0 Å². The minimum atomic E-state index is -0.795. The van der Waals surface area contributed by atoms with Crippen molar-refractivity contribution in [3.63, 3.8) is 0 Å². The Morgan fingerprint density at radius 1 is 1.57 bits per heavy atom. The minimum absolute atomic E-state index is 0.131. The van der Waals surface area contributed by atoms with Gasteiger partial charge in [-0.1, -0.05) is 18.2 Å². The smallest absolute Gasteiger partial charge is 0.303 e. The molecule has 0 bridgehead atoms. The lowest BCUT2D eigenvalue weighted by Crippen LogP contribution is -1.99. The van der Waals surface area contributed by atoms with Gasteiger partial charge in [0, 0.05) is 6.42 Å². The summed E-state index contributed by atoms with van der Waals surface area (Å²) in [5, 5.41) is 12.9. The Labute approximate surface area is 84.5 Å². The van der Waals surface area contributed by atoms with Crippen molar-refractivity contribution in [3.05, 3.63) is 34.9 Å². The highest BCUT2D eigenvalue weighted by Crippen LogP contribution is 2.13. The molecule has 1 aromatic rings. The molecule has 0 aromatic heterocycles. The second-order valence-electron chi connectivity index (χ2n) is 3.30. The molecule has 14 heavy (non-hydrogen) atoms. The Morgan fingerprint density at radius 2 is 2.36 bits per heavy atom. The van der Waals surface area contributed by atoms with E-state index in [-0.39, 0.29) is 13.0 Å². The SMILES string of the molecule is [3H]OCc1ccc(C)c(CCC(=O)O)c1. The van der Waals surface area contributed by atoms with Gasteiger partial charge in [0.2, 0.25) is 1.43 Å². The second-order valence-corrected chi connectivity index (χ2v) is 3.30. The molecule has 3 nitrogen and oxygen atoms in total. The van der Waals surface area contributed by atoms with Crippen LogP contribution in [0.1, 0.15) is 23.1 Å². The molecule has 0 amide bonds. The lowest BCUT2D eigenvalue weighted by molar-refractivity contribution is -0.136. The molecule has 0 aliphatic rings. The lowest BCUT2D eigenvalue weighted by Gasteiger charge is -2.06. The number of aliphatic hydroxyl groups excluding tert-OH is 1. The van der Waals surface area contributed by atoms with Gasteiger partial charge < -0.3 is 10.2 Å². The molecular weight excluding hydrogens is 180 g/mol. The summed E-state index contributed by atoms with van der Waals surface area (Å²) >= 11 is 0. The van der Waals surface area contributed by atoms with E-state index in [1.54, 1.807) is 0 Å². The number of aliphatic carboxylic acids is 1. The quantitative estimate of drug-likeness (QED) is 0.750. The normalized spacial score (nSPS) is 11.1. The van der Waals surface area contributed by atoms with Gasteiger partial charge in [-0.3, -0.25) is 4.79 Å². The molecule has 76 valence electrons. The van der Waals surface area contributed by atoms with Gasteiger partial charge in [0.1, 0.15) is 0 Å². The van der Waals surface area contributed by atoms with Crippen molar-refractivity contribution in [1.29, 1.82) is 1.43 Å². The van der Waals surface area contributed by atoms with Crippen molar-refractivity contribution in [2.45, 2.75) is 26.4 Å². The Morgan fingerprint density at radius 3 is 3.00 bits per heavy atom. The average molecular weight is 196 g/mol. The molecular formula is C11H14O3. The summed E-state index contributed by atoms with van der Waals surface area (Å²) in [4.78, 5) is 10.4. The summed E-state index contributed by atoms with van der Waals surface area (Å²) in [5.74, 6) is -0.795. The Kier molecular flexibility index (Phi) is 3.14. The highest BCUT2D eigenvalue weighted by atomic mass is 16.4. The van der Waals surface area contributed by atoms with Crippen LogP contribution in [0.25, 0.3) is 0 Å². The molecule has 0 spiro atoms. The van der Waals surface area contributed by atoms with Gasteiger partial charge in [-0.05, 0) is 30.0 Å². The maximum Gasteiger partial charge on any atom is 0.303 e. The van der Waals surface area contributed by atoms with Crippen LogP contribution in [0.15, 0.2) is 18.2 Å². The standard InChI is InChI=1S/C11H14O3/c1-8-2-3-9(7-12)6-10(8)4-5-11(13)14/h2-3,6,12H,4-5,7H2,1H3,(H,13,14)/i12T. The number of carboxylic acid groups (broad SMARTS) is 1. The summed E-state index contributed by atoms with van der Waals surface area (Å²) < 4.78 is 6.64. The second kappa shape index (κ2) is 4.77. The van der Waals surface area contributed by atoms with Gasteiger partial charge in [0.25, 0.3) is 0 Å². The molecule has 3 heteroatoms. The van der Waals surface area contributed by atoms with Crippen LogP contribution in [0.2, 0.25) is 0 Å². The molecule has 0 atom stereocenters. The lowest BCUT2D eigenvalue weighted by atomic mass is 10.0. The van der Waals surface area contributed by atoms with Crippen molar-refractivity contribution in [2.75, 3.05) is 0 Å². The third-order valence-electron chi connectivity index (χ3n) is 2.19. The van der Waals surface area contributed by atoms with E-state index in [0.29, 0.717) is 6.42 Å². The van der Waals surface area contributed by atoms with Gasteiger partial charge in [-0.25, -0.2) is 0 Å². The van der Waals surface area contributed by atoms with E-state index in [1.165, 1.54) is 0 Å². The Bertz CT molecular complexity index is 350. The third-order valence-corrected chi connectivity index (χ3v) is 2.19. The number of carboxylic acids is 1. The topological polar surface area (TPSA) is 57.5 Å². The zero-order valence-corrected chi connectivity index (χ0v) is 8.12. The fraction of sp³-hybridized carbons (Fsp3) is 0.364. The van der Waals surface area contributed by atoms with E-state index >= 15 is 0 Å². The van der Waals surface area contributed by atoms with Crippen molar-refractivity contribution >= 4 is 5.97 Å². The van der Waals surface area contributed by atoms with Crippen molar-refractivity contribution in [3.8, 4) is 0 Å². The van der Waals surface area contributed by atoms with Gasteiger partial charge >= 0.3 is 5.97 Å². The van der Waals surface area contributed by atoms with E-state index in [9.17, 15) is 4.79 Å². The minimum Gasteiger partial charge on any atom is -0.481 e. The predicted octanol–water partition coefficient (Wildman–Crippen LogP) is 1.50. The maximum absolute atomic E-state index is 10.4. The van der Waals surface area contributed by atoms with E-state index in [1.807, 2.05) is 25.1 Å². The monoisotopic (exact) mass is 196 g/mol. The molecule has 1 rings (SSSR count). The van der Waals surface area contributed by atoms with Gasteiger partial charge in [0.05, 0.1) is 6.61 Å². The molecule has 0 heterocycles. The summed E-state index contributed by atoms with van der Waals surface area (Å²) in [7, 11) is 0. The molecule has 0 saturated heterocycles. The largest absolute Gasteiger partial charge is 0.481 e. The van der Waals surface area contributed by atoms with Crippen LogP contribution in [0.3, 0.4) is 0 Å². The number of hydrogen-bond donors (Lipinski definition) is 2. The molecule has 0 aliphatic heterocycles. The first-order valence-corrected chi connectivity index (χ1v) is 4.52. The van der Waals surface area contributed by atoms with Crippen molar-refractivity contribution in [2.24, 2.45) is 0 Å². The number of rotatable bonds is 5. The zero-order valence-electron chi connectivity index (χ0n) is 9.12. The number of aryl methyl sites for hydroxylation is 2. The number of carbonyl (C=O) groups is 1. The van der Waals surface area contributed by atoms with E-state index < -0.39 is 5.97 Å². The first-order valence-electron chi connectivity index (χ1n) is 4.92. The predicted molar refractivity (Wildman–Crippen MR) is 53.1 cm³/mol. The summed E-state index contributed by atoms with van der Waals surface area (Å²) in [6, 6.07) is 5.70. The summed E-state index contributed by atoms with van der Waals surface area (Å²) in [6.07, 6.45) is 0.652. The number of aliphatic hydroxyl groups is 1. The first kappa shape index (κ1) is 9.21. The van der Waals surface area contributed by atoms with Crippen LogP contribution in [-0.2, 0) is 17.8 Å². The van der Waals surface area contributed by atoms with Gasteiger partial charge in [-0.15, -0.1) is 0 Å². The Hall–Kier alpha value is -1.35. The first-order chi connectivity index (χ1) is 7.13. The molecule has 0 fully saturated rings. The van der Waals surface area contributed by atoms with Crippen molar-refractivity contribution in [1.82, 2.24) is 0 Å². The van der Waals surface area contributed by atoms with Crippen LogP contribution in [0.4, 0.5) is 0 Å². The molecule has 1 aromatic carbocycles. The zero-order chi connectivity index (χ0) is 11.3. The maximum atomic E-state index is 10.4. The van der Waals surface area contributed by atoms with Crippen LogP contribution in [-0.4, -0.2) is 17.6 Å². The van der Waals surface area contributed by atoms with E-state index in [0.717, 1.165) is 16.7 Å². The molecule has 0 unspecified atom stereocenters. The summed E-state index contributed by atoms with van der Waals surface area (Å²) in [5.41, 5.74) is 2.98. The van der Waals surface area contributed by atoms with Gasteiger partial charge in [0.15, 0.2) is 0 Å². The highest BCUT2D eigenvalue weighted by Gasteiger charge is 2.03. The fourth-order valence-corrected chi connectivity index (χ4v) is 1.33. The number of hydrogen-bond acceptors (Lipinski definition) is 2. The van der Waals surface area contributed by atoms with Crippen LogP contribution < -0.4 is 0 Å². The van der Waals surface area contributed by atoms with E-state index in [2.05, 4.69) is 5.11 Å². The van der Waals surface area contributed by atoms with Crippen LogP contribution in [0, 0.1) is 6.92 Å². The highest BCUT2D eigenvalue weighted by molar-refractivity contribution is 5.67. The number of benzene rings is 1. The van der Waals surface area contributed by atoms with Gasteiger partial charge in [-0.2, -0.15) is 0 Å². The molecule has 0 saturated carbocycles. The molecule has 2 N–H and O–H groups in total. The summed E-state index contributed by atoms with van der Waals surface area (Å²) in [6.45, 7) is 2.18. The molecule has 0 radical (unpaired) electrons. The van der Waals surface area contributed by atoms with Crippen LogP contribution in [0.5, 0.6) is 0 Å². The fourth-order valence-electron chi connectivity index (χ4n) is 1.33. The molecule has 0 aliphatic carbocycles. The van der Waals surface area contributed by atoms with E-state index in [4.69, 9.17) is 6.54 Å². The third kappa shape index (κ3) is 2.85. The average Bonchev–Trinajstić information content (AvgIpc) is 2.19.